The van der Waals surface area contributed by atoms with Crippen molar-refractivity contribution in [2.24, 2.45) is 17.4 Å². The topological polar surface area (TPSA) is 332 Å². The summed E-state index contributed by atoms with van der Waals surface area (Å²) in [5, 5.41) is 32.6. The number of likely N-dealkylation sites (tertiary alicyclic amines) is 1. The van der Waals surface area contributed by atoms with Crippen molar-refractivity contribution >= 4 is 54.0 Å². The average Bonchev–Trinajstić information content (AvgIpc) is 3.99. The van der Waals surface area contributed by atoms with Crippen LogP contribution in [0.2, 0.25) is 0 Å². The maximum absolute atomic E-state index is 14.2. The van der Waals surface area contributed by atoms with Gasteiger partial charge in [-0.3, -0.25) is 33.6 Å². The summed E-state index contributed by atoms with van der Waals surface area (Å²) in [6.07, 6.45) is 3.55. The van der Waals surface area contributed by atoms with Crippen molar-refractivity contribution < 1.29 is 58.0 Å². The molecule has 23 heteroatoms. The number of carbonyl (C=O) groups excluding carboxylic acids is 7. The molecule has 1 aliphatic rings. The number of primary amides is 1. The number of aliphatic hydroxyl groups excluding tert-OH is 2. The third-order valence-electron chi connectivity index (χ3n) is 10.7. The van der Waals surface area contributed by atoms with Crippen molar-refractivity contribution in [2.45, 2.75) is 114 Å². The Bertz CT molecular complexity index is 1840. The van der Waals surface area contributed by atoms with Gasteiger partial charge in [-0.2, -0.15) is 12.6 Å². The zero-order valence-electron chi connectivity index (χ0n) is 38.5. The summed E-state index contributed by atoms with van der Waals surface area (Å²) in [6, 6.07) is 2.66. The Morgan fingerprint density at radius 3 is 2.18 bits per heavy atom. The normalized spacial score (nSPS) is 17.4. The van der Waals surface area contributed by atoms with Gasteiger partial charge in [0.15, 0.2) is 0 Å². The highest BCUT2D eigenvalue weighted by Gasteiger charge is 2.41. The number of unbranched alkanes of at least 4 members (excludes halogenated alkanes) is 1. The number of aryl methyl sites for hydroxylation is 1. The second-order valence-electron chi connectivity index (χ2n) is 16.7. The van der Waals surface area contributed by atoms with E-state index in [0.29, 0.717) is 12.3 Å². The number of amides is 7. The zero-order chi connectivity index (χ0) is 49.3. The maximum Gasteiger partial charge on any atom is 0.245 e. The molecule has 7 amide bonds. The lowest BCUT2D eigenvalue weighted by molar-refractivity contribution is -0.140. The number of ether oxygens (including phenoxy) is 3. The van der Waals surface area contributed by atoms with E-state index >= 15 is 0 Å². The highest BCUT2D eigenvalue weighted by Crippen LogP contribution is 2.23. The first-order chi connectivity index (χ1) is 32.0. The van der Waals surface area contributed by atoms with E-state index in [-0.39, 0.29) is 88.7 Å². The van der Waals surface area contributed by atoms with Crippen molar-refractivity contribution in [3.05, 3.63) is 54.1 Å². The number of aromatic amines is 1. The highest BCUT2D eigenvalue weighted by atomic mass is 32.1. The fourth-order valence-corrected chi connectivity index (χ4v) is 7.24. The first-order valence-corrected chi connectivity index (χ1v) is 23.2. The summed E-state index contributed by atoms with van der Waals surface area (Å²) in [5.41, 5.74) is 12.6. The third kappa shape index (κ3) is 20.3. The summed E-state index contributed by atoms with van der Waals surface area (Å²) in [4.78, 5) is 101. The zero-order valence-corrected chi connectivity index (χ0v) is 39.4. The third-order valence-corrected chi connectivity index (χ3v) is 11.1. The number of hydrogen-bond donors (Lipinski definition) is 11. The quantitative estimate of drug-likeness (QED) is 0.0269. The first-order valence-electron chi connectivity index (χ1n) is 22.6. The minimum Gasteiger partial charge on any atom is -0.394 e. The molecule has 1 aromatic heterocycles. The van der Waals surface area contributed by atoms with E-state index in [1.54, 1.807) is 0 Å². The molecule has 0 bridgehead atoms. The van der Waals surface area contributed by atoms with Gasteiger partial charge in [0.05, 0.1) is 64.0 Å². The Balaban J connectivity index is 1.70. The van der Waals surface area contributed by atoms with Crippen LogP contribution < -0.4 is 38.1 Å². The van der Waals surface area contributed by atoms with Gasteiger partial charge in [0.2, 0.25) is 41.4 Å². The molecule has 3 rings (SSSR count). The Hall–Kier alpha value is -5.17. The van der Waals surface area contributed by atoms with Crippen LogP contribution in [0.5, 0.6) is 0 Å². The van der Waals surface area contributed by atoms with Gasteiger partial charge in [-0.25, -0.2) is 4.98 Å². The number of benzene rings is 1. The van der Waals surface area contributed by atoms with Crippen LogP contribution in [0.1, 0.15) is 64.1 Å². The second-order valence-corrected chi connectivity index (χ2v) is 17.1. The van der Waals surface area contributed by atoms with E-state index in [9.17, 15) is 43.8 Å². The van der Waals surface area contributed by atoms with Gasteiger partial charge < -0.3 is 72.4 Å². The van der Waals surface area contributed by atoms with Crippen LogP contribution in [-0.2, 0) is 60.6 Å². The van der Waals surface area contributed by atoms with E-state index in [2.05, 4.69) is 61.3 Å². The minimum atomic E-state index is -1.61. The Morgan fingerprint density at radius 2 is 1.55 bits per heavy atom. The van der Waals surface area contributed by atoms with Crippen molar-refractivity contribution in [3.63, 3.8) is 0 Å². The minimum absolute atomic E-state index is 0.0365. The monoisotopic (exact) mass is 962 g/mol. The number of aliphatic hydroxyl groups is 2. The molecule has 0 spiro atoms. The van der Waals surface area contributed by atoms with E-state index < -0.39 is 84.6 Å². The molecule has 1 saturated heterocycles. The predicted molar refractivity (Wildman–Crippen MR) is 248 cm³/mol. The van der Waals surface area contributed by atoms with Gasteiger partial charge in [-0.1, -0.05) is 44.2 Å². The van der Waals surface area contributed by atoms with E-state index in [0.717, 1.165) is 19.3 Å². The maximum atomic E-state index is 14.2. The average molecular weight is 963 g/mol. The molecular formula is C44H70N10O12S. The van der Waals surface area contributed by atoms with Crippen molar-refractivity contribution in [3.8, 4) is 0 Å². The molecule has 12 N–H and O–H groups in total. The largest absolute Gasteiger partial charge is 0.394 e. The molecule has 1 aliphatic heterocycles. The van der Waals surface area contributed by atoms with Crippen LogP contribution in [0.25, 0.3) is 0 Å². The SMILES string of the molecule is CC(C)C[C@H](NC(=O)[C@@H]1C[C@@H](OCCCCc2ccccc2)CN1C(=O)CCOCCOCCNC(=O)[C@@H](N)CS)C(=O)N[C@@H](Cc1cnc[nH]1)C(=O)N[C@@H](CO)C(=O)N[C@H](C(N)=O)[C@@H](C)O. The van der Waals surface area contributed by atoms with Gasteiger partial charge in [0, 0.05) is 50.2 Å². The Labute approximate surface area is 396 Å². The van der Waals surface area contributed by atoms with Gasteiger partial charge >= 0.3 is 0 Å². The lowest BCUT2D eigenvalue weighted by Gasteiger charge is -2.28. The molecule has 374 valence electrons. The summed E-state index contributed by atoms with van der Waals surface area (Å²) in [6.45, 7) is 5.44. The van der Waals surface area contributed by atoms with E-state index in [1.807, 2.05) is 32.0 Å². The van der Waals surface area contributed by atoms with Crippen LogP contribution in [0.3, 0.4) is 0 Å². The van der Waals surface area contributed by atoms with E-state index in [4.69, 9.17) is 25.7 Å². The van der Waals surface area contributed by atoms with Crippen molar-refractivity contribution in [1.29, 1.82) is 0 Å². The molecule has 0 radical (unpaired) electrons. The molecule has 2 aromatic rings. The molecular weight excluding hydrogens is 893 g/mol. The number of hydrogen-bond acceptors (Lipinski definition) is 15. The number of imidazole rings is 1. The number of rotatable bonds is 32. The number of thiol groups is 1. The Kier molecular flexibility index (Phi) is 25.4. The molecule has 0 aliphatic carbocycles. The van der Waals surface area contributed by atoms with Crippen LogP contribution >= 0.6 is 12.6 Å². The number of H-pyrrole nitrogens is 1. The molecule has 0 saturated carbocycles. The van der Waals surface area contributed by atoms with Crippen LogP contribution in [0, 0.1) is 5.92 Å². The Morgan fingerprint density at radius 1 is 0.881 bits per heavy atom. The molecule has 2 heterocycles. The van der Waals surface area contributed by atoms with Crippen molar-refractivity contribution in [1.82, 2.24) is 41.5 Å². The van der Waals surface area contributed by atoms with Gasteiger partial charge in [0.25, 0.3) is 0 Å². The summed E-state index contributed by atoms with van der Waals surface area (Å²) < 4.78 is 17.3. The lowest BCUT2D eigenvalue weighted by atomic mass is 10.0. The van der Waals surface area contributed by atoms with Gasteiger partial charge in [-0.05, 0) is 44.1 Å². The smallest absolute Gasteiger partial charge is 0.245 e. The highest BCUT2D eigenvalue weighted by molar-refractivity contribution is 7.80. The number of nitrogens with two attached hydrogens (primary N) is 2. The first kappa shape index (κ1) is 56.2. The van der Waals surface area contributed by atoms with Gasteiger partial charge in [-0.15, -0.1) is 0 Å². The molecule has 0 unspecified atom stereocenters. The number of nitrogens with zero attached hydrogens (tertiary/aromatic N) is 2. The standard InChI is InChI=1S/C44H70N10O12S/c1-27(2)19-33(41(60)50-34(20-30-22-47-26-49-30)42(61)52-35(24-55)43(62)53-38(28(3)56)39(46)58)51-44(63)36-21-31(66-14-8-7-11-29-9-5-4-6-10-29)23-54(36)37(57)12-15-64-17-18-65-16-13-48-40(59)32(45)25-67/h4-6,9-10,22,26-28,31-36,38,55-56,67H,7-8,11-21,23-25,45H2,1-3H3,(H2,46,58)(H,47,49)(H,48,59)(H,50,60)(H,51,63)(H,52,61)(H,53,62)/t28-,31-,32+,33+,34+,35+,36+,38+/m1/s1. The lowest BCUT2D eigenvalue weighted by Crippen LogP contribution is -2.61. The predicted octanol–water partition coefficient (Wildman–Crippen LogP) is -2.40. The van der Waals surface area contributed by atoms with E-state index in [1.165, 1.54) is 29.9 Å². The van der Waals surface area contributed by atoms with Crippen LogP contribution in [0.15, 0.2) is 42.9 Å². The molecule has 67 heavy (non-hydrogen) atoms. The second kappa shape index (κ2) is 30.3. The number of nitrogens with one attached hydrogen (secondary N) is 6. The summed E-state index contributed by atoms with van der Waals surface area (Å²) >= 11 is 4.00. The fraction of sp³-hybridized carbons (Fsp3) is 0.636. The summed E-state index contributed by atoms with van der Waals surface area (Å²) in [7, 11) is 0. The molecule has 22 nitrogen and oxygen atoms in total. The molecule has 1 fully saturated rings. The fourth-order valence-electron chi connectivity index (χ4n) is 7.07. The number of carbonyl (C=O) groups is 7. The van der Waals surface area contributed by atoms with Crippen LogP contribution in [0.4, 0.5) is 0 Å². The summed E-state index contributed by atoms with van der Waals surface area (Å²) in [5.74, 6) is -4.92. The molecule has 1 aromatic carbocycles. The molecule has 8 atom stereocenters. The van der Waals surface area contributed by atoms with Crippen molar-refractivity contribution in [2.75, 3.05) is 58.5 Å². The number of aromatic nitrogens is 2. The van der Waals surface area contributed by atoms with Crippen LogP contribution in [-0.4, -0.2) is 173 Å². The van der Waals surface area contributed by atoms with Gasteiger partial charge in [0.1, 0.15) is 30.2 Å².